The molecule has 0 unspecified atom stereocenters. The predicted octanol–water partition coefficient (Wildman–Crippen LogP) is 2.56. The van der Waals surface area contributed by atoms with E-state index in [2.05, 4.69) is 11.4 Å². The number of fused-ring (bicyclic) bond motifs is 1. The number of nitriles is 1. The van der Waals surface area contributed by atoms with Crippen molar-refractivity contribution >= 4 is 22.3 Å². The number of hydrogen-bond acceptors (Lipinski definition) is 3. The van der Waals surface area contributed by atoms with Gasteiger partial charge < -0.3 is 10.1 Å². The van der Waals surface area contributed by atoms with Crippen molar-refractivity contribution in [3.63, 3.8) is 0 Å². The van der Waals surface area contributed by atoms with Gasteiger partial charge in [0.25, 0.3) is 0 Å². The summed E-state index contributed by atoms with van der Waals surface area (Å²) in [4.78, 5) is 0. The highest BCUT2D eigenvalue weighted by molar-refractivity contribution is 6.50. The summed E-state index contributed by atoms with van der Waals surface area (Å²) in [5.41, 5.74) is 2.19. The van der Waals surface area contributed by atoms with Gasteiger partial charge in [-0.05, 0) is 6.07 Å². The molecule has 1 N–H and O–H groups in total. The number of para-hydroxylation sites is 1. The summed E-state index contributed by atoms with van der Waals surface area (Å²) >= 11 is 6.13. The van der Waals surface area contributed by atoms with Gasteiger partial charge in [0.05, 0.1) is 23.3 Å². The highest BCUT2D eigenvalue weighted by atomic mass is 35.5. The highest BCUT2D eigenvalue weighted by Crippen LogP contribution is 2.30. The van der Waals surface area contributed by atoms with Gasteiger partial charge in [-0.3, -0.25) is 0 Å². The van der Waals surface area contributed by atoms with Crippen molar-refractivity contribution in [2.75, 3.05) is 18.7 Å². The van der Waals surface area contributed by atoms with Crippen LogP contribution in [0.5, 0.6) is 0 Å². The van der Waals surface area contributed by atoms with Crippen molar-refractivity contribution in [2.24, 2.45) is 0 Å². The molecule has 3 nitrogen and oxygen atoms in total. The van der Waals surface area contributed by atoms with Crippen LogP contribution < -0.4 is 5.32 Å². The van der Waals surface area contributed by atoms with Crippen molar-refractivity contribution in [3.8, 4) is 6.07 Å². The van der Waals surface area contributed by atoms with E-state index in [1.165, 1.54) is 0 Å². The van der Waals surface area contributed by atoms with Crippen LogP contribution in [0.2, 0.25) is 0 Å². The molecule has 1 aliphatic rings. The van der Waals surface area contributed by atoms with Gasteiger partial charge >= 0.3 is 0 Å². The molecular weight excluding hydrogens is 212 g/mol. The SMILES string of the molecule is N#C/C1=C(\Cl)c2ccccc2NCOC1. The summed E-state index contributed by atoms with van der Waals surface area (Å²) in [6, 6.07) is 9.64. The summed E-state index contributed by atoms with van der Waals surface area (Å²) < 4.78 is 5.23. The Morgan fingerprint density at radius 3 is 3.00 bits per heavy atom. The van der Waals surface area contributed by atoms with Crippen molar-refractivity contribution in [3.05, 3.63) is 35.4 Å². The molecule has 76 valence electrons. The van der Waals surface area contributed by atoms with Crippen LogP contribution >= 0.6 is 11.6 Å². The van der Waals surface area contributed by atoms with Gasteiger partial charge in [0.15, 0.2) is 0 Å². The topological polar surface area (TPSA) is 45.0 Å². The Bertz CT molecular complexity index is 448. The first kappa shape index (κ1) is 10.0. The van der Waals surface area contributed by atoms with E-state index >= 15 is 0 Å². The summed E-state index contributed by atoms with van der Waals surface area (Å²) in [6.45, 7) is 0.628. The fourth-order valence-corrected chi connectivity index (χ4v) is 1.68. The molecule has 1 aromatic carbocycles. The number of rotatable bonds is 0. The molecule has 0 spiro atoms. The molecule has 0 aliphatic carbocycles. The molecule has 1 aromatic rings. The minimum atomic E-state index is 0.247. The molecule has 0 amide bonds. The Morgan fingerprint density at radius 2 is 2.20 bits per heavy atom. The van der Waals surface area contributed by atoms with E-state index in [1.54, 1.807) is 0 Å². The van der Waals surface area contributed by atoms with E-state index in [9.17, 15) is 0 Å². The van der Waals surface area contributed by atoms with E-state index < -0.39 is 0 Å². The summed E-state index contributed by atoms with van der Waals surface area (Å²) in [7, 11) is 0. The number of nitrogens with one attached hydrogen (secondary N) is 1. The van der Waals surface area contributed by atoms with Crippen LogP contribution in [-0.2, 0) is 4.74 Å². The Labute approximate surface area is 92.9 Å². The third kappa shape index (κ3) is 1.96. The van der Waals surface area contributed by atoms with Crippen LogP contribution in [0.3, 0.4) is 0 Å². The standard InChI is InChI=1S/C11H9ClN2O/c12-11-8(5-13)6-15-7-14-10-4-2-1-3-9(10)11/h1-4,14H,6-7H2/b11-8+. The third-order valence-electron chi connectivity index (χ3n) is 2.17. The van der Waals surface area contributed by atoms with Crippen LogP contribution in [0.1, 0.15) is 5.56 Å². The van der Waals surface area contributed by atoms with Crippen LogP contribution in [0, 0.1) is 11.3 Å². The summed E-state index contributed by atoms with van der Waals surface area (Å²) in [5, 5.41) is 12.5. The molecule has 15 heavy (non-hydrogen) atoms. The predicted molar refractivity (Wildman–Crippen MR) is 59.3 cm³/mol. The maximum Gasteiger partial charge on any atom is 0.116 e. The van der Waals surface area contributed by atoms with Crippen LogP contribution in [0.25, 0.3) is 5.03 Å². The summed E-state index contributed by atoms with van der Waals surface area (Å²) in [5.74, 6) is 0. The van der Waals surface area contributed by atoms with E-state index in [4.69, 9.17) is 21.6 Å². The summed E-state index contributed by atoms with van der Waals surface area (Å²) in [6.07, 6.45) is 0. The van der Waals surface area contributed by atoms with Gasteiger partial charge in [0, 0.05) is 11.3 Å². The van der Waals surface area contributed by atoms with Crippen LogP contribution in [0.4, 0.5) is 5.69 Å². The number of nitrogens with zero attached hydrogens (tertiary/aromatic N) is 1. The van der Waals surface area contributed by atoms with Gasteiger partial charge in [-0.15, -0.1) is 0 Å². The zero-order valence-corrected chi connectivity index (χ0v) is 8.71. The molecule has 0 atom stereocenters. The molecule has 0 bridgehead atoms. The lowest BCUT2D eigenvalue weighted by Gasteiger charge is -2.16. The van der Waals surface area contributed by atoms with Crippen LogP contribution in [0.15, 0.2) is 29.8 Å². The van der Waals surface area contributed by atoms with Crippen LogP contribution in [-0.4, -0.2) is 13.3 Å². The molecule has 0 fully saturated rings. The Hall–Kier alpha value is -1.50. The molecule has 0 saturated heterocycles. The monoisotopic (exact) mass is 220 g/mol. The molecule has 2 rings (SSSR count). The van der Waals surface area contributed by atoms with E-state index in [0.717, 1.165) is 11.3 Å². The molecule has 1 heterocycles. The minimum absolute atomic E-state index is 0.247. The lowest BCUT2D eigenvalue weighted by atomic mass is 10.1. The van der Waals surface area contributed by atoms with E-state index in [0.29, 0.717) is 17.3 Å². The maximum atomic E-state index is 8.91. The second-order valence-electron chi connectivity index (χ2n) is 3.12. The normalized spacial score (nSPS) is 20.5. The smallest absolute Gasteiger partial charge is 0.116 e. The number of benzene rings is 1. The Kier molecular flexibility index (Phi) is 2.91. The van der Waals surface area contributed by atoms with E-state index in [-0.39, 0.29) is 6.61 Å². The molecule has 0 radical (unpaired) electrons. The van der Waals surface area contributed by atoms with Gasteiger partial charge in [-0.1, -0.05) is 29.8 Å². The first-order valence-electron chi connectivity index (χ1n) is 4.52. The highest BCUT2D eigenvalue weighted by Gasteiger charge is 2.13. The minimum Gasteiger partial charge on any atom is -0.362 e. The van der Waals surface area contributed by atoms with Crippen molar-refractivity contribution < 1.29 is 4.74 Å². The average molecular weight is 221 g/mol. The number of anilines is 1. The number of halogens is 1. The second-order valence-corrected chi connectivity index (χ2v) is 3.50. The third-order valence-corrected chi connectivity index (χ3v) is 2.61. The van der Waals surface area contributed by atoms with Crippen molar-refractivity contribution in [2.45, 2.75) is 0 Å². The molecule has 4 heteroatoms. The van der Waals surface area contributed by atoms with Crippen molar-refractivity contribution in [1.82, 2.24) is 0 Å². The lowest BCUT2D eigenvalue weighted by molar-refractivity contribution is 0.178. The largest absolute Gasteiger partial charge is 0.362 e. The first-order valence-corrected chi connectivity index (χ1v) is 4.90. The molecule has 0 aromatic heterocycles. The average Bonchev–Trinajstić information content (AvgIpc) is 2.27. The van der Waals surface area contributed by atoms with Crippen molar-refractivity contribution in [1.29, 1.82) is 5.26 Å². The van der Waals surface area contributed by atoms with Gasteiger partial charge in [-0.25, -0.2) is 0 Å². The molecule has 1 aliphatic heterocycles. The number of ether oxygens (including phenoxy) is 1. The fourth-order valence-electron chi connectivity index (χ4n) is 1.42. The first-order chi connectivity index (χ1) is 7.33. The van der Waals surface area contributed by atoms with Gasteiger partial charge in [-0.2, -0.15) is 5.26 Å². The lowest BCUT2D eigenvalue weighted by Crippen LogP contribution is -2.12. The van der Waals surface area contributed by atoms with Gasteiger partial charge in [0.2, 0.25) is 0 Å². The quantitative estimate of drug-likeness (QED) is 0.731. The number of hydrogen-bond donors (Lipinski definition) is 1. The zero-order chi connectivity index (χ0) is 10.7. The van der Waals surface area contributed by atoms with E-state index in [1.807, 2.05) is 24.3 Å². The molecular formula is C11H9ClN2O. The maximum absolute atomic E-state index is 8.91. The Balaban J connectivity index is 2.56. The fraction of sp³-hybridized carbons (Fsp3) is 0.182. The Morgan fingerprint density at radius 1 is 1.40 bits per heavy atom. The second kappa shape index (κ2) is 4.35. The van der Waals surface area contributed by atoms with Gasteiger partial charge in [0.1, 0.15) is 6.73 Å². The zero-order valence-electron chi connectivity index (χ0n) is 7.96. The molecule has 0 saturated carbocycles.